The lowest BCUT2D eigenvalue weighted by Crippen LogP contribution is -2.34. The average molecular weight is 302 g/mol. The molecule has 5 nitrogen and oxygen atoms in total. The van der Waals surface area contributed by atoms with Gasteiger partial charge in [0.15, 0.2) is 0 Å². The Balaban J connectivity index is 2.31. The van der Waals surface area contributed by atoms with Crippen LogP contribution in [0.3, 0.4) is 0 Å². The molecule has 0 saturated heterocycles. The van der Waals surface area contributed by atoms with Crippen molar-refractivity contribution < 1.29 is 9.90 Å². The van der Waals surface area contributed by atoms with Crippen molar-refractivity contribution in [2.24, 2.45) is 0 Å². The number of nitrogens with one attached hydrogen (secondary N) is 1. The Morgan fingerprint density at radius 1 is 1.23 bits per heavy atom. The van der Waals surface area contributed by atoms with Crippen LogP contribution in [0.25, 0.3) is 10.8 Å². The molecule has 2 aromatic rings. The number of rotatable bonds is 7. The molecule has 0 aliphatic rings. The molecule has 1 amide bonds. The van der Waals surface area contributed by atoms with Crippen LogP contribution in [-0.4, -0.2) is 40.6 Å². The molecular weight excluding hydrogens is 280 g/mol. The lowest BCUT2D eigenvalue weighted by molar-refractivity contribution is 0.0736. The number of carbonyl (C=O) groups excluding carboxylic acids is 1. The molecule has 0 aliphatic heterocycles. The fourth-order valence-electron chi connectivity index (χ4n) is 2.42. The summed E-state index contributed by atoms with van der Waals surface area (Å²) in [7, 11) is 0. The Morgan fingerprint density at radius 2 is 1.95 bits per heavy atom. The Morgan fingerprint density at radius 3 is 2.68 bits per heavy atom. The van der Waals surface area contributed by atoms with Crippen molar-refractivity contribution in [3.8, 4) is 0 Å². The van der Waals surface area contributed by atoms with Crippen molar-refractivity contribution in [2.45, 2.75) is 26.2 Å². The van der Waals surface area contributed by atoms with E-state index < -0.39 is 0 Å². The summed E-state index contributed by atoms with van der Waals surface area (Å²) >= 11 is 0. The number of pyridine rings is 1. The molecule has 2 N–H and O–H groups in total. The minimum absolute atomic E-state index is 0.0458. The van der Waals surface area contributed by atoms with Gasteiger partial charge in [-0.1, -0.05) is 31.5 Å². The van der Waals surface area contributed by atoms with Crippen LogP contribution < -0.4 is 5.56 Å². The van der Waals surface area contributed by atoms with Crippen LogP contribution in [0, 0.1) is 0 Å². The van der Waals surface area contributed by atoms with Crippen molar-refractivity contribution in [1.82, 2.24) is 9.88 Å². The maximum absolute atomic E-state index is 12.6. The highest BCUT2D eigenvalue weighted by Crippen LogP contribution is 2.12. The molecule has 1 aromatic carbocycles. The van der Waals surface area contributed by atoms with E-state index in [0.29, 0.717) is 30.6 Å². The minimum Gasteiger partial charge on any atom is -0.396 e. The number of benzene rings is 1. The Labute approximate surface area is 129 Å². The van der Waals surface area contributed by atoms with Crippen LogP contribution in [0.15, 0.2) is 35.1 Å². The Hall–Kier alpha value is -2.14. The summed E-state index contributed by atoms with van der Waals surface area (Å²) in [6.45, 7) is 3.23. The second-order valence-corrected chi connectivity index (χ2v) is 5.32. The van der Waals surface area contributed by atoms with E-state index in [2.05, 4.69) is 11.9 Å². The van der Waals surface area contributed by atoms with Crippen LogP contribution in [-0.2, 0) is 0 Å². The number of aliphatic hydroxyl groups is 1. The van der Waals surface area contributed by atoms with Crippen LogP contribution in [0.5, 0.6) is 0 Å². The molecule has 2 rings (SSSR count). The third-order valence-corrected chi connectivity index (χ3v) is 3.64. The van der Waals surface area contributed by atoms with Gasteiger partial charge in [-0.2, -0.15) is 0 Å². The van der Waals surface area contributed by atoms with E-state index in [1.165, 1.54) is 0 Å². The van der Waals surface area contributed by atoms with Gasteiger partial charge in [0.1, 0.15) is 5.69 Å². The molecule has 0 aliphatic carbocycles. The van der Waals surface area contributed by atoms with Crippen molar-refractivity contribution in [1.29, 1.82) is 0 Å². The van der Waals surface area contributed by atoms with E-state index in [4.69, 9.17) is 5.11 Å². The zero-order valence-electron chi connectivity index (χ0n) is 12.8. The molecule has 22 heavy (non-hydrogen) atoms. The first-order valence-corrected chi connectivity index (χ1v) is 7.69. The highest BCUT2D eigenvalue weighted by Gasteiger charge is 2.16. The average Bonchev–Trinajstić information content (AvgIpc) is 2.54. The molecule has 5 heteroatoms. The third kappa shape index (κ3) is 3.74. The molecule has 0 bridgehead atoms. The van der Waals surface area contributed by atoms with Crippen molar-refractivity contribution >= 4 is 16.7 Å². The van der Waals surface area contributed by atoms with Gasteiger partial charge in [0.25, 0.3) is 11.5 Å². The highest BCUT2D eigenvalue weighted by molar-refractivity contribution is 5.96. The second kappa shape index (κ2) is 7.75. The number of amides is 1. The van der Waals surface area contributed by atoms with Gasteiger partial charge < -0.3 is 15.0 Å². The van der Waals surface area contributed by atoms with Crippen molar-refractivity contribution in [3.05, 3.63) is 46.4 Å². The highest BCUT2D eigenvalue weighted by atomic mass is 16.3. The summed E-state index contributed by atoms with van der Waals surface area (Å²) in [6.07, 6.45) is 2.42. The third-order valence-electron chi connectivity index (χ3n) is 3.64. The lowest BCUT2D eigenvalue weighted by atomic mass is 10.1. The normalized spacial score (nSPS) is 10.8. The number of carbonyl (C=O) groups is 1. The summed E-state index contributed by atoms with van der Waals surface area (Å²) in [5, 5.41) is 10.3. The largest absolute Gasteiger partial charge is 0.396 e. The number of unbranched alkanes of at least 4 members (excludes halogenated alkanes) is 1. The standard InChI is InChI=1S/C17H22N2O3/c1-2-3-9-19(10-6-11-20)17(22)15-12-13-7-4-5-8-14(13)16(21)18-15/h4-5,7-8,12,20H,2-3,6,9-11H2,1H3,(H,18,21). The van der Waals surface area contributed by atoms with Crippen molar-refractivity contribution in [3.63, 3.8) is 0 Å². The summed E-state index contributed by atoms with van der Waals surface area (Å²) in [5.41, 5.74) is 0.0526. The van der Waals surface area contributed by atoms with Crippen molar-refractivity contribution in [2.75, 3.05) is 19.7 Å². The molecule has 0 saturated carbocycles. The molecule has 0 radical (unpaired) electrons. The zero-order chi connectivity index (χ0) is 15.9. The van der Waals surface area contributed by atoms with Gasteiger partial charge in [0, 0.05) is 25.1 Å². The number of H-pyrrole nitrogens is 1. The fraction of sp³-hybridized carbons (Fsp3) is 0.412. The van der Waals surface area contributed by atoms with Gasteiger partial charge >= 0.3 is 0 Å². The minimum atomic E-state index is -0.251. The maximum atomic E-state index is 12.6. The molecule has 1 heterocycles. The first kappa shape index (κ1) is 16.2. The van der Waals surface area contributed by atoms with E-state index in [0.717, 1.165) is 18.2 Å². The first-order chi connectivity index (χ1) is 10.7. The van der Waals surface area contributed by atoms with Gasteiger partial charge in [-0.3, -0.25) is 9.59 Å². The molecule has 1 aromatic heterocycles. The van der Waals surface area contributed by atoms with E-state index in [1.807, 2.05) is 12.1 Å². The van der Waals surface area contributed by atoms with E-state index in [-0.39, 0.29) is 18.1 Å². The molecule has 118 valence electrons. The Kier molecular flexibility index (Phi) is 5.72. The van der Waals surface area contributed by atoms with Gasteiger partial charge in [-0.05, 0) is 30.4 Å². The number of nitrogens with zero attached hydrogens (tertiary/aromatic N) is 1. The predicted molar refractivity (Wildman–Crippen MR) is 87.1 cm³/mol. The number of aliphatic hydroxyl groups excluding tert-OH is 1. The fourth-order valence-corrected chi connectivity index (χ4v) is 2.42. The smallest absolute Gasteiger partial charge is 0.270 e. The number of hydrogen-bond donors (Lipinski definition) is 2. The number of aromatic nitrogens is 1. The van der Waals surface area contributed by atoms with E-state index >= 15 is 0 Å². The summed E-state index contributed by atoms with van der Waals surface area (Å²) < 4.78 is 0. The summed E-state index contributed by atoms with van der Waals surface area (Å²) in [5.74, 6) is -0.190. The van der Waals surface area contributed by atoms with Gasteiger partial charge in [-0.15, -0.1) is 0 Å². The van der Waals surface area contributed by atoms with Gasteiger partial charge in [-0.25, -0.2) is 0 Å². The monoisotopic (exact) mass is 302 g/mol. The maximum Gasteiger partial charge on any atom is 0.270 e. The summed E-state index contributed by atoms with van der Waals surface area (Å²) in [6, 6.07) is 8.93. The quantitative estimate of drug-likeness (QED) is 0.823. The Bertz CT molecular complexity index is 686. The number of aromatic amines is 1. The summed E-state index contributed by atoms with van der Waals surface area (Å²) in [4.78, 5) is 29.1. The lowest BCUT2D eigenvalue weighted by Gasteiger charge is -2.22. The first-order valence-electron chi connectivity index (χ1n) is 7.69. The zero-order valence-corrected chi connectivity index (χ0v) is 12.8. The predicted octanol–water partition coefficient (Wildman–Crippen LogP) is 2.15. The SMILES string of the molecule is CCCCN(CCCO)C(=O)c1cc2ccccc2c(=O)[nH]1. The topological polar surface area (TPSA) is 73.4 Å². The molecule has 0 unspecified atom stereocenters. The number of hydrogen-bond acceptors (Lipinski definition) is 3. The van der Waals surface area contributed by atoms with Gasteiger partial charge in [0.05, 0.1) is 0 Å². The van der Waals surface area contributed by atoms with Crippen LogP contribution in [0.1, 0.15) is 36.7 Å². The van der Waals surface area contributed by atoms with E-state index in [9.17, 15) is 9.59 Å². The second-order valence-electron chi connectivity index (χ2n) is 5.32. The number of fused-ring (bicyclic) bond motifs is 1. The van der Waals surface area contributed by atoms with Crippen LogP contribution >= 0.6 is 0 Å². The van der Waals surface area contributed by atoms with Crippen LogP contribution in [0.4, 0.5) is 0 Å². The molecular formula is C17H22N2O3. The molecule has 0 atom stereocenters. The molecule has 0 spiro atoms. The van der Waals surface area contributed by atoms with Crippen LogP contribution in [0.2, 0.25) is 0 Å². The van der Waals surface area contributed by atoms with E-state index in [1.54, 1.807) is 23.1 Å². The van der Waals surface area contributed by atoms with Gasteiger partial charge in [0.2, 0.25) is 0 Å². The molecule has 0 fully saturated rings.